The number of hydrogen-bond acceptors (Lipinski definition) is 2. The number of halogens is 3. The van der Waals surface area contributed by atoms with Crippen LogP contribution >= 0.6 is 0 Å². The van der Waals surface area contributed by atoms with Gasteiger partial charge in [0.2, 0.25) is 0 Å². The first-order chi connectivity index (χ1) is 6.93. The Morgan fingerprint density at radius 1 is 1.27 bits per heavy atom. The van der Waals surface area contributed by atoms with Crippen LogP contribution in [0.4, 0.5) is 13.2 Å². The molecule has 15 heavy (non-hydrogen) atoms. The number of hydrogen-bond donors (Lipinski definition) is 2. The maximum atomic E-state index is 13.0. The fourth-order valence-corrected chi connectivity index (χ4v) is 1.10. The van der Waals surface area contributed by atoms with Crippen LogP contribution in [0.1, 0.15) is 12.0 Å². The van der Waals surface area contributed by atoms with Gasteiger partial charge >= 0.3 is 5.97 Å². The van der Waals surface area contributed by atoms with Gasteiger partial charge in [-0.15, -0.1) is 0 Å². The van der Waals surface area contributed by atoms with Crippen LogP contribution in [0.2, 0.25) is 0 Å². The molecule has 3 nitrogen and oxygen atoms in total. The maximum absolute atomic E-state index is 13.0. The number of phenols is 1. The fraction of sp³-hybridized carbons (Fsp3) is 0.222. The molecule has 0 aliphatic heterocycles. The Hall–Kier alpha value is -1.72. The van der Waals surface area contributed by atoms with Crippen LogP contribution in [-0.4, -0.2) is 16.2 Å². The number of carboxylic acid groups (broad SMARTS) is 1. The molecule has 1 aromatic carbocycles. The second kappa shape index (κ2) is 4.20. The Bertz CT molecular complexity index is 378. The van der Waals surface area contributed by atoms with E-state index in [1.807, 2.05) is 0 Å². The molecule has 0 aliphatic rings. The van der Waals surface area contributed by atoms with Crippen LogP contribution in [-0.2, 0) is 11.2 Å². The molecule has 0 fully saturated rings. The van der Waals surface area contributed by atoms with Gasteiger partial charge in [0.05, 0.1) is 0 Å². The van der Waals surface area contributed by atoms with Gasteiger partial charge in [0.25, 0.3) is 0 Å². The van der Waals surface area contributed by atoms with Crippen LogP contribution in [0.3, 0.4) is 0 Å². The summed E-state index contributed by atoms with van der Waals surface area (Å²) in [4.78, 5) is 10.2. The monoisotopic (exact) mass is 220 g/mol. The van der Waals surface area contributed by atoms with Gasteiger partial charge in [0.1, 0.15) is 0 Å². The predicted molar refractivity (Wildman–Crippen MR) is 43.9 cm³/mol. The van der Waals surface area contributed by atoms with Gasteiger partial charge in [0, 0.05) is 18.1 Å². The van der Waals surface area contributed by atoms with E-state index in [0.717, 1.165) is 0 Å². The third-order valence-electron chi connectivity index (χ3n) is 1.83. The van der Waals surface area contributed by atoms with Crippen molar-refractivity contribution in [2.24, 2.45) is 0 Å². The lowest BCUT2D eigenvalue weighted by Crippen LogP contribution is -2.02. The number of carboxylic acids is 1. The van der Waals surface area contributed by atoms with E-state index in [9.17, 15) is 18.0 Å². The molecule has 6 heteroatoms. The molecule has 1 aromatic rings. The van der Waals surface area contributed by atoms with Crippen molar-refractivity contribution < 1.29 is 28.2 Å². The normalized spacial score (nSPS) is 10.3. The van der Waals surface area contributed by atoms with Gasteiger partial charge in [-0.25, -0.2) is 13.2 Å². The van der Waals surface area contributed by atoms with E-state index in [2.05, 4.69) is 0 Å². The first kappa shape index (κ1) is 11.4. The van der Waals surface area contributed by atoms with Crippen molar-refractivity contribution in [1.82, 2.24) is 0 Å². The zero-order chi connectivity index (χ0) is 11.6. The zero-order valence-electron chi connectivity index (χ0n) is 7.43. The van der Waals surface area contributed by atoms with Crippen molar-refractivity contribution in [3.8, 4) is 5.75 Å². The van der Waals surface area contributed by atoms with E-state index in [1.54, 1.807) is 0 Å². The lowest BCUT2D eigenvalue weighted by atomic mass is 10.1. The number of carbonyl (C=O) groups is 1. The Kier molecular flexibility index (Phi) is 3.18. The minimum atomic E-state index is -1.45. The van der Waals surface area contributed by atoms with Crippen LogP contribution < -0.4 is 0 Å². The molecule has 0 aromatic heterocycles. The summed E-state index contributed by atoms with van der Waals surface area (Å²) in [5.74, 6) is -6.48. The molecule has 1 rings (SSSR count). The minimum absolute atomic E-state index is 0.203. The first-order valence-corrected chi connectivity index (χ1v) is 4.00. The molecule has 0 bridgehead atoms. The Labute approximate surface area is 82.8 Å². The molecule has 0 radical (unpaired) electrons. The Morgan fingerprint density at radius 2 is 1.87 bits per heavy atom. The van der Waals surface area contributed by atoms with Crippen LogP contribution in [0.5, 0.6) is 5.75 Å². The zero-order valence-corrected chi connectivity index (χ0v) is 7.43. The summed E-state index contributed by atoms with van der Waals surface area (Å²) in [6, 6.07) is 0.203. The summed E-state index contributed by atoms with van der Waals surface area (Å²) < 4.78 is 38.4. The maximum Gasteiger partial charge on any atom is 0.303 e. The molecule has 0 saturated carbocycles. The quantitative estimate of drug-likeness (QED) is 0.764. The molecule has 0 amide bonds. The highest BCUT2D eigenvalue weighted by Crippen LogP contribution is 2.27. The highest BCUT2D eigenvalue weighted by atomic mass is 19.2. The smallest absolute Gasteiger partial charge is 0.303 e. The van der Waals surface area contributed by atoms with Crippen molar-refractivity contribution in [2.75, 3.05) is 0 Å². The summed E-state index contributed by atoms with van der Waals surface area (Å²) in [7, 11) is 0. The average Bonchev–Trinajstić information content (AvgIpc) is 2.14. The SMILES string of the molecule is O=C(O)CCc1c(O)c(F)cc(F)c1F. The van der Waals surface area contributed by atoms with E-state index in [0.29, 0.717) is 0 Å². The fourth-order valence-electron chi connectivity index (χ4n) is 1.10. The number of phenolic OH excluding ortho intramolecular Hbond substituents is 1. The second-order valence-electron chi connectivity index (χ2n) is 2.88. The Morgan fingerprint density at radius 3 is 2.40 bits per heavy atom. The van der Waals surface area contributed by atoms with Gasteiger partial charge < -0.3 is 10.2 Å². The van der Waals surface area contributed by atoms with E-state index in [1.165, 1.54) is 0 Å². The van der Waals surface area contributed by atoms with Gasteiger partial charge in [-0.1, -0.05) is 0 Å². The minimum Gasteiger partial charge on any atom is -0.505 e. The van der Waals surface area contributed by atoms with Gasteiger partial charge in [-0.05, 0) is 6.42 Å². The first-order valence-electron chi connectivity index (χ1n) is 4.00. The summed E-state index contributed by atoms with van der Waals surface area (Å²) in [6.07, 6.45) is -0.991. The van der Waals surface area contributed by atoms with Gasteiger partial charge in [-0.3, -0.25) is 4.79 Å². The average molecular weight is 220 g/mol. The highest BCUT2D eigenvalue weighted by molar-refractivity contribution is 5.67. The van der Waals surface area contributed by atoms with Crippen LogP contribution in [0.15, 0.2) is 6.07 Å². The molecule has 0 saturated heterocycles. The van der Waals surface area contributed by atoms with Crippen LogP contribution in [0, 0.1) is 17.5 Å². The van der Waals surface area contributed by atoms with E-state index in [-0.39, 0.29) is 6.07 Å². The van der Waals surface area contributed by atoms with Crippen molar-refractivity contribution >= 4 is 5.97 Å². The number of aromatic hydroxyl groups is 1. The third kappa shape index (κ3) is 2.39. The molecule has 2 N–H and O–H groups in total. The molecule has 0 unspecified atom stereocenters. The molecule has 0 atom stereocenters. The standard InChI is InChI=1S/C9H7F3O3/c10-5-3-6(11)9(15)4(8(5)12)1-2-7(13)14/h3,15H,1-2H2,(H,13,14). The summed E-state index contributed by atoms with van der Waals surface area (Å²) >= 11 is 0. The third-order valence-corrected chi connectivity index (χ3v) is 1.83. The largest absolute Gasteiger partial charge is 0.505 e. The summed E-state index contributed by atoms with van der Waals surface area (Å²) in [5, 5.41) is 17.3. The van der Waals surface area contributed by atoms with Crippen molar-refractivity contribution in [3.63, 3.8) is 0 Å². The summed E-state index contributed by atoms with van der Waals surface area (Å²) in [5.41, 5.74) is -0.657. The number of rotatable bonds is 3. The second-order valence-corrected chi connectivity index (χ2v) is 2.88. The summed E-state index contributed by atoms with van der Waals surface area (Å²) in [6.45, 7) is 0. The highest BCUT2D eigenvalue weighted by Gasteiger charge is 2.18. The molecular formula is C9H7F3O3. The number of benzene rings is 1. The molecule has 0 heterocycles. The lowest BCUT2D eigenvalue weighted by molar-refractivity contribution is -0.136. The predicted octanol–water partition coefficient (Wildman–Crippen LogP) is 1.83. The number of aliphatic carboxylic acids is 1. The topological polar surface area (TPSA) is 57.5 Å². The van der Waals surface area contributed by atoms with E-state index in [4.69, 9.17) is 10.2 Å². The lowest BCUT2D eigenvalue weighted by Gasteiger charge is -2.06. The van der Waals surface area contributed by atoms with Crippen molar-refractivity contribution in [3.05, 3.63) is 29.1 Å². The molecule has 82 valence electrons. The van der Waals surface area contributed by atoms with Crippen molar-refractivity contribution in [2.45, 2.75) is 12.8 Å². The van der Waals surface area contributed by atoms with Crippen molar-refractivity contribution in [1.29, 1.82) is 0 Å². The Balaban J connectivity index is 3.09. The molecular weight excluding hydrogens is 213 g/mol. The molecule has 0 aliphatic carbocycles. The van der Waals surface area contributed by atoms with Gasteiger partial charge in [-0.2, -0.15) is 0 Å². The van der Waals surface area contributed by atoms with E-state index < -0.39 is 47.6 Å². The van der Waals surface area contributed by atoms with Gasteiger partial charge in [0.15, 0.2) is 23.2 Å². The molecule has 0 spiro atoms. The van der Waals surface area contributed by atoms with Crippen LogP contribution in [0.25, 0.3) is 0 Å². The van der Waals surface area contributed by atoms with E-state index >= 15 is 0 Å².